The van der Waals surface area contributed by atoms with E-state index in [1.54, 1.807) is 26.0 Å². The van der Waals surface area contributed by atoms with Gasteiger partial charge < -0.3 is 5.73 Å². The molecule has 1 aliphatic carbocycles. The summed E-state index contributed by atoms with van der Waals surface area (Å²) in [7, 11) is -3.44. The summed E-state index contributed by atoms with van der Waals surface area (Å²) >= 11 is 0. The Hall–Kier alpha value is -1.07. The topological polar surface area (TPSA) is 72.2 Å². The lowest BCUT2D eigenvalue weighted by Gasteiger charge is -2.16. The minimum Gasteiger partial charge on any atom is -0.399 e. The quantitative estimate of drug-likeness (QED) is 0.807. The van der Waals surface area contributed by atoms with E-state index in [0.29, 0.717) is 21.7 Å². The molecule has 0 saturated heterocycles. The van der Waals surface area contributed by atoms with Crippen molar-refractivity contribution in [2.45, 2.75) is 44.0 Å². The standard InChI is InChI=1S/C12H18N2O2S/c1-8-6-10(13)7-9(2)11(8)17(15,16)14-12(3)4-5-12/h6-7,14H,4-5,13H2,1-3H3. The molecule has 0 aliphatic heterocycles. The fourth-order valence-electron chi connectivity index (χ4n) is 2.07. The fraction of sp³-hybridized carbons (Fsp3) is 0.500. The van der Waals surface area contributed by atoms with Gasteiger partial charge in [-0.1, -0.05) is 0 Å². The molecular weight excluding hydrogens is 236 g/mol. The maximum Gasteiger partial charge on any atom is 0.241 e. The summed E-state index contributed by atoms with van der Waals surface area (Å²) < 4.78 is 27.3. The summed E-state index contributed by atoms with van der Waals surface area (Å²) in [5.41, 5.74) is 7.43. The molecule has 3 N–H and O–H groups in total. The number of nitrogens with two attached hydrogens (primary N) is 1. The lowest BCUT2D eigenvalue weighted by atomic mass is 10.1. The van der Waals surface area contributed by atoms with Crippen molar-refractivity contribution in [1.82, 2.24) is 4.72 Å². The molecule has 1 saturated carbocycles. The minimum atomic E-state index is -3.44. The van der Waals surface area contributed by atoms with Crippen LogP contribution in [0.2, 0.25) is 0 Å². The Morgan fingerprint density at radius 2 is 1.71 bits per heavy atom. The molecule has 0 radical (unpaired) electrons. The molecule has 1 aliphatic rings. The van der Waals surface area contributed by atoms with Crippen LogP contribution in [0.15, 0.2) is 17.0 Å². The smallest absolute Gasteiger partial charge is 0.241 e. The molecule has 1 aromatic carbocycles. The second-order valence-corrected chi connectivity index (χ2v) is 6.77. The maximum atomic E-state index is 12.3. The predicted molar refractivity (Wildman–Crippen MR) is 68.3 cm³/mol. The molecule has 0 heterocycles. The predicted octanol–water partition coefficient (Wildman–Crippen LogP) is 1.72. The van der Waals surface area contributed by atoms with Crippen molar-refractivity contribution < 1.29 is 8.42 Å². The third kappa shape index (κ3) is 2.45. The Morgan fingerprint density at radius 3 is 2.12 bits per heavy atom. The number of nitrogens with one attached hydrogen (secondary N) is 1. The van der Waals surface area contributed by atoms with E-state index in [1.807, 2.05) is 6.92 Å². The monoisotopic (exact) mass is 254 g/mol. The van der Waals surface area contributed by atoms with E-state index < -0.39 is 10.0 Å². The molecule has 5 heteroatoms. The molecule has 0 aromatic heterocycles. The van der Waals surface area contributed by atoms with Crippen LogP contribution in [0.5, 0.6) is 0 Å². The second kappa shape index (κ2) is 3.71. The van der Waals surface area contributed by atoms with Crippen LogP contribution in [0.25, 0.3) is 0 Å². The van der Waals surface area contributed by atoms with Crippen molar-refractivity contribution in [2.75, 3.05) is 5.73 Å². The van der Waals surface area contributed by atoms with Gasteiger partial charge in [0.1, 0.15) is 0 Å². The van der Waals surface area contributed by atoms with Crippen LogP contribution in [-0.2, 0) is 10.0 Å². The van der Waals surface area contributed by atoms with Gasteiger partial charge in [-0.25, -0.2) is 13.1 Å². The second-order valence-electron chi connectivity index (χ2n) is 5.15. The van der Waals surface area contributed by atoms with Crippen molar-refractivity contribution in [1.29, 1.82) is 0 Å². The highest BCUT2D eigenvalue weighted by Gasteiger charge is 2.41. The van der Waals surface area contributed by atoms with Gasteiger partial charge in [0.05, 0.1) is 4.90 Å². The Bertz CT molecular complexity index is 537. The van der Waals surface area contributed by atoms with E-state index in [1.165, 1.54) is 0 Å². The van der Waals surface area contributed by atoms with Gasteiger partial charge in [-0.3, -0.25) is 0 Å². The summed E-state index contributed by atoms with van der Waals surface area (Å²) in [4.78, 5) is 0.361. The molecule has 94 valence electrons. The van der Waals surface area contributed by atoms with Crippen molar-refractivity contribution in [3.05, 3.63) is 23.3 Å². The first-order valence-corrected chi connectivity index (χ1v) is 7.13. The first-order chi connectivity index (χ1) is 7.73. The molecule has 0 spiro atoms. The van der Waals surface area contributed by atoms with E-state index in [-0.39, 0.29) is 5.54 Å². The third-order valence-electron chi connectivity index (χ3n) is 3.13. The van der Waals surface area contributed by atoms with Crippen LogP contribution in [-0.4, -0.2) is 14.0 Å². The summed E-state index contributed by atoms with van der Waals surface area (Å²) in [5, 5.41) is 0. The SMILES string of the molecule is Cc1cc(N)cc(C)c1S(=O)(=O)NC1(C)CC1. The van der Waals surface area contributed by atoms with Crippen LogP contribution >= 0.6 is 0 Å². The van der Waals surface area contributed by atoms with Crippen LogP contribution < -0.4 is 10.5 Å². The number of hydrogen-bond acceptors (Lipinski definition) is 3. The zero-order chi connectivity index (χ0) is 12.8. The molecule has 1 aromatic rings. The highest BCUT2D eigenvalue weighted by Crippen LogP contribution is 2.36. The highest BCUT2D eigenvalue weighted by molar-refractivity contribution is 7.89. The van der Waals surface area contributed by atoms with E-state index >= 15 is 0 Å². The Labute approximate surface area is 102 Å². The van der Waals surface area contributed by atoms with Crippen LogP contribution in [0, 0.1) is 13.8 Å². The molecular formula is C12H18N2O2S. The number of aryl methyl sites for hydroxylation is 2. The minimum absolute atomic E-state index is 0.251. The molecule has 0 amide bonds. The van der Waals surface area contributed by atoms with Gasteiger partial charge in [0.15, 0.2) is 0 Å². The first kappa shape index (κ1) is 12.4. The van der Waals surface area contributed by atoms with Gasteiger partial charge in [-0.15, -0.1) is 0 Å². The largest absolute Gasteiger partial charge is 0.399 e. The van der Waals surface area contributed by atoms with Gasteiger partial charge in [-0.05, 0) is 56.9 Å². The average molecular weight is 254 g/mol. The summed E-state index contributed by atoms with van der Waals surface area (Å²) in [6.07, 6.45) is 1.80. The molecule has 2 rings (SSSR count). The van der Waals surface area contributed by atoms with E-state index in [4.69, 9.17) is 5.73 Å². The van der Waals surface area contributed by atoms with Crippen LogP contribution in [0.1, 0.15) is 30.9 Å². The number of benzene rings is 1. The molecule has 0 unspecified atom stereocenters. The molecule has 0 atom stereocenters. The average Bonchev–Trinajstić information content (AvgIpc) is 2.78. The fourth-order valence-corrected chi connectivity index (χ4v) is 3.99. The number of sulfonamides is 1. The van der Waals surface area contributed by atoms with Gasteiger partial charge in [-0.2, -0.15) is 0 Å². The van der Waals surface area contributed by atoms with E-state index in [2.05, 4.69) is 4.72 Å². The Balaban J connectivity index is 2.46. The number of hydrogen-bond donors (Lipinski definition) is 2. The van der Waals surface area contributed by atoms with Crippen LogP contribution in [0.4, 0.5) is 5.69 Å². The molecule has 4 nitrogen and oxygen atoms in total. The number of rotatable bonds is 3. The van der Waals surface area contributed by atoms with Crippen molar-refractivity contribution in [2.24, 2.45) is 0 Å². The van der Waals surface area contributed by atoms with Crippen molar-refractivity contribution in [3.8, 4) is 0 Å². The maximum absolute atomic E-state index is 12.3. The van der Waals surface area contributed by atoms with Crippen molar-refractivity contribution >= 4 is 15.7 Å². The van der Waals surface area contributed by atoms with Gasteiger partial charge >= 0.3 is 0 Å². The van der Waals surface area contributed by atoms with Gasteiger partial charge in [0, 0.05) is 11.2 Å². The Morgan fingerprint density at radius 1 is 1.24 bits per heavy atom. The third-order valence-corrected chi connectivity index (χ3v) is 5.08. The van der Waals surface area contributed by atoms with E-state index in [9.17, 15) is 8.42 Å². The lowest BCUT2D eigenvalue weighted by molar-refractivity contribution is 0.557. The highest BCUT2D eigenvalue weighted by atomic mass is 32.2. The Kier molecular flexibility index (Phi) is 2.71. The molecule has 17 heavy (non-hydrogen) atoms. The summed E-state index contributed by atoms with van der Waals surface area (Å²) in [6.45, 7) is 5.47. The zero-order valence-corrected chi connectivity index (χ0v) is 11.2. The normalized spacial score (nSPS) is 18.1. The van der Waals surface area contributed by atoms with Crippen LogP contribution in [0.3, 0.4) is 0 Å². The number of anilines is 1. The molecule has 1 fully saturated rings. The zero-order valence-electron chi connectivity index (χ0n) is 10.4. The summed E-state index contributed by atoms with van der Waals surface area (Å²) in [5.74, 6) is 0. The summed E-state index contributed by atoms with van der Waals surface area (Å²) in [6, 6.07) is 3.38. The van der Waals surface area contributed by atoms with Gasteiger partial charge in [0.2, 0.25) is 10.0 Å². The molecule has 0 bridgehead atoms. The van der Waals surface area contributed by atoms with E-state index in [0.717, 1.165) is 12.8 Å². The van der Waals surface area contributed by atoms with Crippen molar-refractivity contribution in [3.63, 3.8) is 0 Å². The number of nitrogen functional groups attached to an aromatic ring is 1. The van der Waals surface area contributed by atoms with Gasteiger partial charge in [0.25, 0.3) is 0 Å². The first-order valence-electron chi connectivity index (χ1n) is 5.64. The lowest BCUT2D eigenvalue weighted by Crippen LogP contribution is -2.35.